The molecule has 0 fully saturated rings. The predicted molar refractivity (Wildman–Crippen MR) is 95.2 cm³/mol. The Morgan fingerprint density at radius 3 is 2.36 bits per heavy atom. The number of carbonyl (C=O) groups excluding carboxylic acids is 2. The highest BCUT2D eigenvalue weighted by Gasteiger charge is 2.23. The van der Waals surface area contributed by atoms with Crippen molar-refractivity contribution in [3.63, 3.8) is 0 Å². The van der Waals surface area contributed by atoms with Gasteiger partial charge in [-0.2, -0.15) is 0 Å². The smallest absolute Gasteiger partial charge is 0.333 e. The van der Waals surface area contributed by atoms with Gasteiger partial charge in [0.25, 0.3) is 0 Å². The average molecular weight is 341 g/mol. The molecule has 25 heavy (non-hydrogen) atoms. The molecule has 132 valence electrons. The minimum atomic E-state index is -0.812. The first-order chi connectivity index (χ1) is 12.1. The zero-order valence-electron chi connectivity index (χ0n) is 14.5. The van der Waals surface area contributed by atoms with Crippen LogP contribution in [0.15, 0.2) is 54.6 Å². The van der Waals surface area contributed by atoms with Gasteiger partial charge in [-0.1, -0.05) is 48.0 Å². The number of amides is 1. The fraction of sp³-hybridized carbons (Fsp3) is 0.300. The Morgan fingerprint density at radius 1 is 1.04 bits per heavy atom. The van der Waals surface area contributed by atoms with Crippen LogP contribution in [0, 0.1) is 6.92 Å². The van der Waals surface area contributed by atoms with E-state index in [1.54, 1.807) is 19.1 Å². The van der Waals surface area contributed by atoms with Gasteiger partial charge >= 0.3 is 5.97 Å². The molecule has 5 heteroatoms. The lowest BCUT2D eigenvalue weighted by molar-refractivity contribution is -0.147. The number of carbonyl (C=O) groups is 2. The van der Waals surface area contributed by atoms with Gasteiger partial charge < -0.3 is 14.8 Å². The van der Waals surface area contributed by atoms with Gasteiger partial charge in [0.2, 0.25) is 5.91 Å². The topological polar surface area (TPSA) is 64.6 Å². The molecule has 0 aliphatic rings. The van der Waals surface area contributed by atoms with Crippen LogP contribution in [-0.2, 0) is 14.3 Å². The predicted octanol–water partition coefficient (Wildman–Crippen LogP) is 3.18. The second-order valence-electron chi connectivity index (χ2n) is 5.57. The number of hydrogen-bond acceptors (Lipinski definition) is 4. The average Bonchev–Trinajstić information content (AvgIpc) is 2.62. The molecule has 1 amide bonds. The standard InChI is InChI=1S/C20H23NO4/c1-3-24-20(23)19(16-7-5-4-6-8-16)21-18(22)13-14-25-17-11-9-15(2)10-12-17/h4-12,19H,3,13-14H2,1-2H3,(H,21,22). The largest absolute Gasteiger partial charge is 0.493 e. The van der Waals surface area contributed by atoms with Crippen molar-refractivity contribution in [1.29, 1.82) is 0 Å². The molecule has 0 aliphatic heterocycles. The van der Waals surface area contributed by atoms with Crippen molar-refractivity contribution in [3.8, 4) is 5.75 Å². The molecule has 1 unspecified atom stereocenters. The quantitative estimate of drug-likeness (QED) is 0.749. The summed E-state index contributed by atoms with van der Waals surface area (Å²) in [6, 6.07) is 15.8. The molecule has 0 aliphatic carbocycles. The zero-order chi connectivity index (χ0) is 18.1. The van der Waals surface area contributed by atoms with Gasteiger partial charge in [0.05, 0.1) is 19.6 Å². The first-order valence-corrected chi connectivity index (χ1v) is 8.30. The number of aryl methyl sites for hydroxylation is 1. The molecular formula is C20H23NO4. The summed E-state index contributed by atoms with van der Waals surface area (Å²) in [6.45, 7) is 4.22. The van der Waals surface area contributed by atoms with Gasteiger partial charge in [-0.25, -0.2) is 4.79 Å². The molecule has 1 atom stereocenters. The van der Waals surface area contributed by atoms with Crippen molar-refractivity contribution < 1.29 is 19.1 Å². The maximum Gasteiger partial charge on any atom is 0.333 e. The molecule has 0 heterocycles. The van der Waals surface area contributed by atoms with Gasteiger partial charge in [0, 0.05) is 0 Å². The Balaban J connectivity index is 1.90. The Labute approximate surface area is 148 Å². The minimum Gasteiger partial charge on any atom is -0.493 e. The second-order valence-corrected chi connectivity index (χ2v) is 5.57. The summed E-state index contributed by atoms with van der Waals surface area (Å²) in [5.74, 6) is -0.0288. The summed E-state index contributed by atoms with van der Waals surface area (Å²) in [5, 5.41) is 2.72. The third-order valence-corrected chi connectivity index (χ3v) is 3.58. The highest BCUT2D eigenvalue weighted by atomic mass is 16.5. The van der Waals surface area contributed by atoms with Crippen LogP contribution in [0.5, 0.6) is 5.75 Å². The minimum absolute atomic E-state index is 0.149. The van der Waals surface area contributed by atoms with E-state index in [9.17, 15) is 9.59 Å². The van der Waals surface area contributed by atoms with Crippen molar-refractivity contribution >= 4 is 11.9 Å². The summed E-state index contributed by atoms with van der Waals surface area (Å²) < 4.78 is 10.6. The van der Waals surface area contributed by atoms with E-state index in [-0.39, 0.29) is 25.5 Å². The Morgan fingerprint density at radius 2 is 1.72 bits per heavy atom. The van der Waals surface area contributed by atoms with Gasteiger partial charge in [-0.15, -0.1) is 0 Å². The summed E-state index contributed by atoms with van der Waals surface area (Å²) in [5.41, 5.74) is 1.83. The Hall–Kier alpha value is -2.82. The molecular weight excluding hydrogens is 318 g/mol. The highest BCUT2D eigenvalue weighted by molar-refractivity contribution is 5.85. The fourth-order valence-electron chi connectivity index (χ4n) is 2.28. The molecule has 0 spiro atoms. The molecule has 5 nitrogen and oxygen atoms in total. The number of ether oxygens (including phenoxy) is 2. The third-order valence-electron chi connectivity index (χ3n) is 3.58. The van der Waals surface area contributed by atoms with E-state index in [1.165, 1.54) is 0 Å². The Bertz CT molecular complexity index is 683. The van der Waals surface area contributed by atoms with Crippen LogP contribution in [0.4, 0.5) is 0 Å². The molecule has 1 N–H and O–H groups in total. The van der Waals surface area contributed by atoms with Crippen LogP contribution in [0.25, 0.3) is 0 Å². The number of rotatable bonds is 8. The van der Waals surface area contributed by atoms with Crippen molar-refractivity contribution in [3.05, 3.63) is 65.7 Å². The number of nitrogens with one attached hydrogen (secondary N) is 1. The van der Waals surface area contributed by atoms with E-state index >= 15 is 0 Å². The van der Waals surface area contributed by atoms with Gasteiger partial charge in [-0.3, -0.25) is 4.79 Å². The lowest BCUT2D eigenvalue weighted by Crippen LogP contribution is -2.35. The maximum absolute atomic E-state index is 12.2. The maximum atomic E-state index is 12.2. The molecule has 2 aromatic carbocycles. The third kappa shape index (κ3) is 5.95. The molecule has 2 rings (SSSR count). The SMILES string of the molecule is CCOC(=O)C(NC(=O)CCOc1ccc(C)cc1)c1ccccc1. The van der Waals surface area contributed by atoms with Crippen LogP contribution in [0.1, 0.15) is 30.5 Å². The van der Waals surface area contributed by atoms with E-state index in [0.717, 1.165) is 5.56 Å². The fourth-order valence-corrected chi connectivity index (χ4v) is 2.28. The van der Waals surface area contributed by atoms with Crippen LogP contribution >= 0.6 is 0 Å². The summed E-state index contributed by atoms with van der Waals surface area (Å²) in [4.78, 5) is 24.3. The molecule has 0 aromatic heterocycles. The second kappa shape index (κ2) is 9.47. The van der Waals surface area contributed by atoms with E-state index in [2.05, 4.69) is 5.32 Å². The molecule has 0 radical (unpaired) electrons. The van der Waals surface area contributed by atoms with E-state index in [1.807, 2.05) is 49.4 Å². The van der Waals surface area contributed by atoms with Crippen LogP contribution in [0.2, 0.25) is 0 Å². The van der Waals surface area contributed by atoms with Crippen molar-refractivity contribution in [1.82, 2.24) is 5.32 Å². The molecule has 0 saturated carbocycles. The van der Waals surface area contributed by atoms with Crippen molar-refractivity contribution in [2.24, 2.45) is 0 Å². The highest BCUT2D eigenvalue weighted by Crippen LogP contribution is 2.15. The van der Waals surface area contributed by atoms with Crippen molar-refractivity contribution in [2.75, 3.05) is 13.2 Å². The summed E-state index contributed by atoms with van der Waals surface area (Å²) in [6.07, 6.45) is 0.149. The van der Waals surface area contributed by atoms with E-state index in [0.29, 0.717) is 11.3 Å². The number of hydrogen-bond donors (Lipinski definition) is 1. The van der Waals surface area contributed by atoms with Crippen LogP contribution in [0.3, 0.4) is 0 Å². The number of esters is 1. The summed E-state index contributed by atoms with van der Waals surface area (Å²) in [7, 11) is 0. The monoisotopic (exact) mass is 341 g/mol. The first kappa shape index (κ1) is 18.5. The van der Waals surface area contributed by atoms with E-state index < -0.39 is 12.0 Å². The van der Waals surface area contributed by atoms with Gasteiger partial charge in [0.15, 0.2) is 6.04 Å². The molecule has 0 bridgehead atoms. The van der Waals surface area contributed by atoms with Gasteiger partial charge in [0.1, 0.15) is 5.75 Å². The van der Waals surface area contributed by atoms with Crippen LogP contribution < -0.4 is 10.1 Å². The molecule has 2 aromatic rings. The molecule has 0 saturated heterocycles. The van der Waals surface area contributed by atoms with Crippen molar-refractivity contribution in [2.45, 2.75) is 26.3 Å². The first-order valence-electron chi connectivity index (χ1n) is 8.30. The van der Waals surface area contributed by atoms with Gasteiger partial charge in [-0.05, 0) is 31.5 Å². The Kier molecular flexibility index (Phi) is 7.01. The summed E-state index contributed by atoms with van der Waals surface area (Å²) >= 11 is 0. The lowest BCUT2D eigenvalue weighted by atomic mass is 10.1. The van der Waals surface area contributed by atoms with E-state index in [4.69, 9.17) is 9.47 Å². The normalized spacial score (nSPS) is 11.4. The number of benzene rings is 2. The van der Waals surface area contributed by atoms with Crippen LogP contribution in [-0.4, -0.2) is 25.1 Å². The lowest BCUT2D eigenvalue weighted by Gasteiger charge is -2.17. The zero-order valence-corrected chi connectivity index (χ0v) is 14.5.